The molecule has 1 aliphatic rings. The molecule has 4 heteroatoms. The Kier molecular flexibility index (Phi) is 5.77. The summed E-state index contributed by atoms with van der Waals surface area (Å²) < 4.78 is 0. The van der Waals surface area contributed by atoms with Crippen molar-refractivity contribution < 1.29 is 4.79 Å². The summed E-state index contributed by atoms with van der Waals surface area (Å²) in [7, 11) is 2.10. The molecule has 0 spiro atoms. The minimum Gasteiger partial charge on any atom is -0.368 e. The second kappa shape index (κ2) is 6.86. The summed E-state index contributed by atoms with van der Waals surface area (Å²) in [5, 5.41) is 3.14. The van der Waals surface area contributed by atoms with E-state index in [4.69, 9.17) is 5.73 Å². The van der Waals surface area contributed by atoms with Crippen LogP contribution in [0.5, 0.6) is 0 Å². The fourth-order valence-electron chi connectivity index (χ4n) is 2.46. The number of amides is 1. The summed E-state index contributed by atoms with van der Waals surface area (Å²) in [6.07, 6.45) is 6.51. The van der Waals surface area contributed by atoms with Crippen LogP contribution in [0.3, 0.4) is 0 Å². The van der Waals surface area contributed by atoms with Crippen molar-refractivity contribution in [1.29, 1.82) is 0 Å². The SMILES string of the molecule is CCNC(CN(C)C1CCCCC1)C(N)=O. The molecule has 3 N–H and O–H groups in total. The van der Waals surface area contributed by atoms with E-state index < -0.39 is 0 Å². The van der Waals surface area contributed by atoms with E-state index in [-0.39, 0.29) is 11.9 Å². The topological polar surface area (TPSA) is 58.4 Å². The minimum absolute atomic E-state index is 0.211. The molecule has 0 heterocycles. The summed E-state index contributed by atoms with van der Waals surface area (Å²) in [5.41, 5.74) is 5.37. The lowest BCUT2D eigenvalue weighted by molar-refractivity contribution is -0.120. The molecule has 1 unspecified atom stereocenters. The third-order valence-electron chi connectivity index (χ3n) is 3.46. The van der Waals surface area contributed by atoms with Crippen LogP contribution in [0.4, 0.5) is 0 Å². The number of rotatable bonds is 6. The molecule has 1 rings (SSSR count). The molecule has 1 amide bonds. The van der Waals surface area contributed by atoms with E-state index in [1.54, 1.807) is 0 Å². The van der Waals surface area contributed by atoms with Gasteiger partial charge in [0.1, 0.15) is 0 Å². The van der Waals surface area contributed by atoms with Gasteiger partial charge in [-0.3, -0.25) is 4.79 Å². The average Bonchev–Trinajstić information content (AvgIpc) is 2.29. The molecule has 0 saturated heterocycles. The molecule has 94 valence electrons. The normalized spacial score (nSPS) is 19.9. The van der Waals surface area contributed by atoms with Gasteiger partial charge in [-0.2, -0.15) is 0 Å². The fraction of sp³-hybridized carbons (Fsp3) is 0.917. The largest absolute Gasteiger partial charge is 0.368 e. The Morgan fingerprint density at radius 2 is 2.06 bits per heavy atom. The van der Waals surface area contributed by atoms with E-state index in [1.807, 2.05) is 6.92 Å². The Hall–Kier alpha value is -0.610. The average molecular weight is 227 g/mol. The van der Waals surface area contributed by atoms with Crippen LogP contribution in [-0.4, -0.2) is 43.0 Å². The smallest absolute Gasteiger partial charge is 0.235 e. The molecule has 4 nitrogen and oxygen atoms in total. The molecule has 0 aliphatic heterocycles. The number of nitrogens with two attached hydrogens (primary N) is 1. The molecule has 0 aromatic rings. The first kappa shape index (κ1) is 13.5. The van der Waals surface area contributed by atoms with Crippen LogP contribution >= 0.6 is 0 Å². The maximum atomic E-state index is 11.2. The van der Waals surface area contributed by atoms with Crippen molar-refractivity contribution in [2.24, 2.45) is 5.73 Å². The zero-order valence-corrected chi connectivity index (χ0v) is 10.5. The number of hydrogen-bond donors (Lipinski definition) is 2. The van der Waals surface area contributed by atoms with Crippen molar-refractivity contribution >= 4 is 5.91 Å². The second-order valence-corrected chi connectivity index (χ2v) is 4.74. The molecular formula is C12H25N3O. The lowest BCUT2D eigenvalue weighted by Crippen LogP contribution is -2.50. The summed E-state index contributed by atoms with van der Waals surface area (Å²) in [6, 6.07) is 0.422. The Morgan fingerprint density at radius 3 is 2.56 bits per heavy atom. The molecule has 1 fully saturated rings. The van der Waals surface area contributed by atoms with Crippen molar-refractivity contribution in [1.82, 2.24) is 10.2 Å². The van der Waals surface area contributed by atoms with E-state index >= 15 is 0 Å². The van der Waals surface area contributed by atoms with Gasteiger partial charge in [0.05, 0.1) is 6.04 Å². The molecule has 0 aromatic carbocycles. The summed E-state index contributed by atoms with van der Waals surface area (Å²) in [6.45, 7) is 3.51. The van der Waals surface area contributed by atoms with E-state index in [1.165, 1.54) is 32.1 Å². The summed E-state index contributed by atoms with van der Waals surface area (Å²) in [4.78, 5) is 13.5. The highest BCUT2D eigenvalue weighted by Crippen LogP contribution is 2.21. The lowest BCUT2D eigenvalue weighted by Gasteiger charge is -2.33. The zero-order chi connectivity index (χ0) is 12.0. The van der Waals surface area contributed by atoms with Crippen molar-refractivity contribution in [2.75, 3.05) is 20.1 Å². The fourth-order valence-corrected chi connectivity index (χ4v) is 2.46. The summed E-state index contributed by atoms with van der Waals surface area (Å²) >= 11 is 0. The quantitative estimate of drug-likeness (QED) is 0.703. The Balaban J connectivity index is 2.39. The highest BCUT2D eigenvalue weighted by Gasteiger charge is 2.22. The monoisotopic (exact) mass is 227 g/mol. The van der Waals surface area contributed by atoms with Gasteiger partial charge in [-0.05, 0) is 26.4 Å². The van der Waals surface area contributed by atoms with Crippen molar-refractivity contribution in [3.63, 3.8) is 0 Å². The van der Waals surface area contributed by atoms with Crippen molar-refractivity contribution in [3.8, 4) is 0 Å². The van der Waals surface area contributed by atoms with Gasteiger partial charge in [-0.25, -0.2) is 0 Å². The number of primary amides is 1. The standard InChI is InChI=1S/C12H25N3O/c1-3-14-11(12(13)16)9-15(2)10-7-5-4-6-8-10/h10-11,14H,3-9H2,1-2H3,(H2,13,16). The van der Waals surface area contributed by atoms with Crippen molar-refractivity contribution in [2.45, 2.75) is 51.1 Å². The second-order valence-electron chi connectivity index (χ2n) is 4.74. The maximum absolute atomic E-state index is 11.2. The van der Waals surface area contributed by atoms with Gasteiger partial charge in [0.15, 0.2) is 0 Å². The van der Waals surface area contributed by atoms with Gasteiger partial charge in [0.25, 0.3) is 0 Å². The lowest BCUT2D eigenvalue weighted by atomic mass is 9.94. The number of likely N-dealkylation sites (N-methyl/N-ethyl adjacent to an activating group) is 2. The zero-order valence-electron chi connectivity index (χ0n) is 10.5. The van der Waals surface area contributed by atoms with Crippen LogP contribution < -0.4 is 11.1 Å². The predicted molar refractivity (Wildman–Crippen MR) is 66.2 cm³/mol. The first-order valence-corrected chi connectivity index (χ1v) is 6.38. The minimum atomic E-state index is -0.246. The Bertz CT molecular complexity index is 214. The van der Waals surface area contributed by atoms with Crippen LogP contribution in [0.25, 0.3) is 0 Å². The third-order valence-corrected chi connectivity index (χ3v) is 3.46. The molecular weight excluding hydrogens is 202 g/mol. The molecule has 1 atom stereocenters. The molecule has 1 saturated carbocycles. The number of hydrogen-bond acceptors (Lipinski definition) is 3. The Labute approximate surface area is 98.6 Å². The van der Waals surface area contributed by atoms with Gasteiger partial charge in [0.2, 0.25) is 5.91 Å². The van der Waals surface area contributed by atoms with Crippen LogP contribution in [0, 0.1) is 0 Å². The maximum Gasteiger partial charge on any atom is 0.235 e. The summed E-state index contributed by atoms with van der Waals surface area (Å²) in [5.74, 6) is -0.246. The molecule has 16 heavy (non-hydrogen) atoms. The van der Waals surface area contributed by atoms with Gasteiger partial charge < -0.3 is 16.0 Å². The van der Waals surface area contributed by atoms with Crippen LogP contribution in [0.15, 0.2) is 0 Å². The first-order chi connectivity index (χ1) is 7.65. The van der Waals surface area contributed by atoms with E-state index in [9.17, 15) is 4.79 Å². The molecule has 0 bridgehead atoms. The van der Waals surface area contributed by atoms with Crippen molar-refractivity contribution in [3.05, 3.63) is 0 Å². The van der Waals surface area contributed by atoms with Gasteiger partial charge in [0, 0.05) is 12.6 Å². The van der Waals surface area contributed by atoms with E-state index in [0.29, 0.717) is 6.04 Å². The van der Waals surface area contributed by atoms with Gasteiger partial charge in [-0.1, -0.05) is 26.2 Å². The Morgan fingerprint density at radius 1 is 1.44 bits per heavy atom. The van der Waals surface area contributed by atoms with E-state index in [0.717, 1.165) is 13.1 Å². The highest BCUT2D eigenvalue weighted by molar-refractivity contribution is 5.80. The number of carbonyl (C=O) groups excluding carboxylic acids is 1. The number of carbonyl (C=O) groups is 1. The van der Waals surface area contributed by atoms with Crippen LogP contribution in [0.2, 0.25) is 0 Å². The molecule has 0 aromatic heterocycles. The number of nitrogens with zero attached hydrogens (tertiary/aromatic N) is 1. The molecule has 1 aliphatic carbocycles. The third kappa shape index (κ3) is 4.10. The van der Waals surface area contributed by atoms with Crippen LogP contribution in [0.1, 0.15) is 39.0 Å². The first-order valence-electron chi connectivity index (χ1n) is 6.38. The number of nitrogens with one attached hydrogen (secondary N) is 1. The van der Waals surface area contributed by atoms with E-state index in [2.05, 4.69) is 17.3 Å². The highest BCUT2D eigenvalue weighted by atomic mass is 16.1. The predicted octanol–water partition coefficient (Wildman–Crippen LogP) is 0.714. The molecule has 0 radical (unpaired) electrons. The van der Waals surface area contributed by atoms with Crippen LogP contribution in [-0.2, 0) is 4.79 Å². The van der Waals surface area contributed by atoms with Gasteiger partial charge in [-0.15, -0.1) is 0 Å². The van der Waals surface area contributed by atoms with Gasteiger partial charge >= 0.3 is 0 Å².